The lowest BCUT2D eigenvalue weighted by Gasteiger charge is -2.37. The average Bonchev–Trinajstić information content (AvgIpc) is 3.44. The summed E-state index contributed by atoms with van der Waals surface area (Å²) in [5, 5.41) is 13.1. The number of aromatic nitrogens is 2. The molecule has 0 unspecified atom stereocenters. The molecule has 30 heavy (non-hydrogen) atoms. The van der Waals surface area contributed by atoms with Gasteiger partial charge in [0.2, 0.25) is 16.2 Å². The Morgan fingerprint density at radius 2 is 1.67 bits per heavy atom. The maximum Gasteiger partial charge on any atom is 0.238 e. The van der Waals surface area contributed by atoms with Gasteiger partial charge in [-0.1, -0.05) is 72.0 Å². The van der Waals surface area contributed by atoms with Gasteiger partial charge >= 0.3 is 0 Å². The van der Waals surface area contributed by atoms with Crippen LogP contribution < -0.4 is 10.2 Å². The number of piperazine rings is 1. The first-order valence-electron chi connectivity index (χ1n) is 10.5. The molecule has 3 heterocycles. The van der Waals surface area contributed by atoms with E-state index in [-0.39, 0.29) is 11.8 Å². The molecule has 5 rings (SSSR count). The molecule has 1 N–H and O–H groups in total. The van der Waals surface area contributed by atoms with Crippen LogP contribution in [0.1, 0.15) is 29.9 Å². The van der Waals surface area contributed by atoms with E-state index in [2.05, 4.69) is 25.3 Å². The van der Waals surface area contributed by atoms with E-state index in [9.17, 15) is 4.79 Å². The Bertz CT molecular complexity index is 954. The summed E-state index contributed by atoms with van der Waals surface area (Å²) in [5.41, 5.74) is 1.92. The molecule has 1 atom stereocenters. The number of hydrogen-bond donors (Lipinski definition) is 1. The van der Waals surface area contributed by atoms with Gasteiger partial charge in [-0.15, -0.1) is 10.2 Å². The van der Waals surface area contributed by atoms with Crippen molar-refractivity contribution >= 4 is 27.5 Å². The number of anilines is 2. The maximum atomic E-state index is 13.3. The zero-order valence-electron chi connectivity index (χ0n) is 16.8. The normalized spacial score (nSPS) is 19.1. The minimum absolute atomic E-state index is 0.0873. The van der Waals surface area contributed by atoms with E-state index in [1.807, 2.05) is 60.7 Å². The zero-order chi connectivity index (χ0) is 20.3. The van der Waals surface area contributed by atoms with Gasteiger partial charge in [0.25, 0.3) is 0 Å². The third-order valence-electron chi connectivity index (χ3n) is 6.03. The average molecular weight is 420 g/mol. The summed E-state index contributed by atoms with van der Waals surface area (Å²) in [5.74, 6) is -0.475. The summed E-state index contributed by atoms with van der Waals surface area (Å²) in [6.07, 6.45) is 2.55. The van der Waals surface area contributed by atoms with Crippen LogP contribution in [0, 0.1) is 0 Å². The molecule has 3 aromatic rings. The highest BCUT2D eigenvalue weighted by Crippen LogP contribution is 2.31. The monoisotopic (exact) mass is 419 g/mol. The first kappa shape index (κ1) is 19.2. The Morgan fingerprint density at radius 1 is 0.967 bits per heavy atom. The van der Waals surface area contributed by atoms with Crippen molar-refractivity contribution in [2.24, 2.45) is 0 Å². The predicted molar refractivity (Wildman–Crippen MR) is 120 cm³/mol. The summed E-state index contributed by atoms with van der Waals surface area (Å²) in [4.78, 5) is 18.1. The van der Waals surface area contributed by atoms with Gasteiger partial charge < -0.3 is 4.90 Å². The number of carbonyl (C=O) groups is 1. The fraction of sp³-hybridized carbons (Fsp3) is 0.348. The Hall–Kier alpha value is -2.77. The van der Waals surface area contributed by atoms with Gasteiger partial charge in [-0.3, -0.25) is 15.0 Å². The molecule has 2 fully saturated rings. The molecule has 2 saturated heterocycles. The topological polar surface area (TPSA) is 61.4 Å². The van der Waals surface area contributed by atoms with E-state index in [1.165, 1.54) is 30.7 Å². The lowest BCUT2D eigenvalue weighted by atomic mass is 9.90. The third-order valence-corrected chi connectivity index (χ3v) is 6.93. The second kappa shape index (κ2) is 8.53. The molecule has 0 aliphatic carbocycles. The van der Waals surface area contributed by atoms with E-state index >= 15 is 0 Å². The van der Waals surface area contributed by atoms with Crippen molar-refractivity contribution in [3.05, 3.63) is 71.8 Å². The molecule has 1 aromatic heterocycles. The largest absolute Gasteiger partial charge is 0.344 e. The molecule has 154 valence electrons. The van der Waals surface area contributed by atoms with Crippen molar-refractivity contribution in [3.8, 4) is 0 Å². The minimum Gasteiger partial charge on any atom is -0.344 e. The molecule has 0 saturated carbocycles. The minimum atomic E-state index is -0.387. The molecule has 7 heteroatoms. The number of benzene rings is 2. The second-order valence-corrected chi connectivity index (χ2v) is 8.87. The summed E-state index contributed by atoms with van der Waals surface area (Å²) in [6.45, 7) is 4.27. The van der Waals surface area contributed by atoms with Crippen LogP contribution in [-0.4, -0.2) is 53.2 Å². The first-order chi connectivity index (χ1) is 14.8. The van der Waals surface area contributed by atoms with Gasteiger partial charge in [0.1, 0.15) is 0 Å². The fourth-order valence-electron chi connectivity index (χ4n) is 4.52. The van der Waals surface area contributed by atoms with Crippen LogP contribution in [0.25, 0.3) is 0 Å². The second-order valence-electron chi connectivity index (χ2n) is 7.91. The van der Waals surface area contributed by atoms with E-state index in [1.54, 1.807) is 0 Å². The Kier molecular flexibility index (Phi) is 5.46. The van der Waals surface area contributed by atoms with Crippen molar-refractivity contribution in [1.29, 1.82) is 0 Å². The number of fused-ring (bicyclic) bond motifs is 1. The van der Waals surface area contributed by atoms with Gasteiger partial charge in [-0.25, -0.2) is 0 Å². The van der Waals surface area contributed by atoms with Crippen LogP contribution in [0.4, 0.5) is 10.3 Å². The van der Waals surface area contributed by atoms with Crippen molar-refractivity contribution in [1.82, 2.24) is 15.1 Å². The molecule has 0 bridgehead atoms. The standard InChI is InChI=1S/C23H25N5OS/c29-21(20(17-8-3-1-4-9-17)18-10-5-2-6-11-18)24-22-25-26-23(30-22)28-15-14-27-13-7-12-19(27)16-28/h1-6,8-11,19-20H,7,12-16H2,(H,24,25,29)/t19-/m0/s1. The highest BCUT2D eigenvalue weighted by molar-refractivity contribution is 7.19. The molecule has 0 radical (unpaired) electrons. The lowest BCUT2D eigenvalue weighted by Crippen LogP contribution is -2.50. The Morgan fingerprint density at radius 3 is 2.37 bits per heavy atom. The first-order valence-corrected chi connectivity index (χ1v) is 11.3. The highest BCUT2D eigenvalue weighted by Gasteiger charge is 2.32. The molecule has 2 aliphatic heterocycles. The van der Waals surface area contributed by atoms with Crippen molar-refractivity contribution in [3.63, 3.8) is 0 Å². The molecular formula is C23H25N5OS. The number of amides is 1. The van der Waals surface area contributed by atoms with Crippen LogP contribution in [0.5, 0.6) is 0 Å². The van der Waals surface area contributed by atoms with Crippen molar-refractivity contribution in [2.75, 3.05) is 36.4 Å². The van der Waals surface area contributed by atoms with Crippen molar-refractivity contribution in [2.45, 2.75) is 24.8 Å². The van der Waals surface area contributed by atoms with Crippen LogP contribution in [-0.2, 0) is 4.79 Å². The summed E-state index contributed by atoms with van der Waals surface area (Å²) >= 11 is 1.46. The van der Waals surface area contributed by atoms with Gasteiger partial charge in [-0.2, -0.15) is 0 Å². The lowest BCUT2D eigenvalue weighted by molar-refractivity contribution is -0.116. The van der Waals surface area contributed by atoms with Crippen molar-refractivity contribution < 1.29 is 4.79 Å². The zero-order valence-corrected chi connectivity index (χ0v) is 17.6. The van der Waals surface area contributed by atoms with Gasteiger partial charge in [0.05, 0.1) is 5.92 Å². The predicted octanol–water partition coefficient (Wildman–Crippen LogP) is 3.59. The summed E-state index contributed by atoms with van der Waals surface area (Å²) in [7, 11) is 0. The van der Waals surface area contributed by atoms with E-state index in [4.69, 9.17) is 0 Å². The molecule has 6 nitrogen and oxygen atoms in total. The summed E-state index contributed by atoms with van der Waals surface area (Å²) in [6, 6.07) is 20.4. The highest BCUT2D eigenvalue weighted by atomic mass is 32.1. The van der Waals surface area contributed by atoms with E-state index in [0.29, 0.717) is 11.2 Å². The molecule has 1 amide bonds. The van der Waals surface area contributed by atoms with Gasteiger partial charge in [-0.05, 0) is 30.5 Å². The van der Waals surface area contributed by atoms with Crippen LogP contribution in [0.15, 0.2) is 60.7 Å². The van der Waals surface area contributed by atoms with Gasteiger partial charge in [0, 0.05) is 25.7 Å². The number of nitrogens with zero attached hydrogens (tertiary/aromatic N) is 4. The molecule has 2 aromatic carbocycles. The Labute approximate surface area is 180 Å². The number of rotatable bonds is 5. The summed E-state index contributed by atoms with van der Waals surface area (Å²) < 4.78 is 0. The van der Waals surface area contributed by atoms with Crippen LogP contribution in [0.2, 0.25) is 0 Å². The maximum absolute atomic E-state index is 13.3. The van der Waals surface area contributed by atoms with Crippen LogP contribution >= 0.6 is 11.3 Å². The SMILES string of the molecule is O=C(Nc1nnc(N2CCN3CCC[C@H]3C2)s1)C(c1ccccc1)c1ccccc1. The van der Waals surface area contributed by atoms with E-state index < -0.39 is 0 Å². The number of hydrogen-bond acceptors (Lipinski definition) is 6. The third kappa shape index (κ3) is 3.95. The molecular weight excluding hydrogens is 394 g/mol. The molecule has 0 spiro atoms. The quantitative estimate of drug-likeness (QED) is 0.685. The van der Waals surface area contributed by atoms with Crippen LogP contribution in [0.3, 0.4) is 0 Å². The van der Waals surface area contributed by atoms with E-state index in [0.717, 1.165) is 35.9 Å². The number of nitrogens with one attached hydrogen (secondary N) is 1. The number of carbonyl (C=O) groups excluding carboxylic acids is 1. The van der Waals surface area contributed by atoms with Gasteiger partial charge in [0.15, 0.2) is 0 Å². The fourth-order valence-corrected chi connectivity index (χ4v) is 5.31. The smallest absolute Gasteiger partial charge is 0.238 e. The Balaban J connectivity index is 1.33. The molecule has 2 aliphatic rings.